The Kier molecular flexibility index (Phi) is 9.13. The zero-order valence-corrected chi connectivity index (χ0v) is 8.63. The van der Waals surface area contributed by atoms with Crippen LogP contribution in [0.3, 0.4) is 0 Å². The maximum absolute atomic E-state index is 8.99. The lowest BCUT2D eigenvalue weighted by atomic mass is 10.1. The topological polar surface area (TPSA) is 44.0 Å². The second kappa shape index (κ2) is 9.54. The molecule has 0 aliphatic carbocycles. The van der Waals surface area contributed by atoms with Crippen molar-refractivity contribution in [1.29, 1.82) is 5.26 Å². The van der Waals surface area contributed by atoms with Gasteiger partial charge in [0.05, 0.1) is 12.2 Å². The summed E-state index contributed by atoms with van der Waals surface area (Å²) in [5, 5.41) is 17.3. The van der Waals surface area contributed by atoms with Crippen LogP contribution in [0.1, 0.15) is 58.3 Å². The minimum atomic E-state index is -0.140. The van der Waals surface area contributed by atoms with E-state index in [9.17, 15) is 0 Å². The molecule has 0 saturated heterocycles. The van der Waals surface area contributed by atoms with Gasteiger partial charge in [0.1, 0.15) is 0 Å². The van der Waals surface area contributed by atoms with Gasteiger partial charge in [-0.05, 0) is 19.8 Å². The van der Waals surface area contributed by atoms with Crippen molar-refractivity contribution in [1.82, 2.24) is 0 Å². The van der Waals surface area contributed by atoms with Crippen molar-refractivity contribution in [2.45, 2.75) is 64.4 Å². The monoisotopic (exact) mass is 183 g/mol. The quantitative estimate of drug-likeness (QED) is 0.588. The molecule has 0 bridgehead atoms. The number of nitrogens with zero attached hydrogens (tertiary/aromatic N) is 1. The van der Waals surface area contributed by atoms with E-state index in [1.165, 1.54) is 25.7 Å². The molecule has 1 atom stereocenters. The Morgan fingerprint density at radius 3 is 2.15 bits per heavy atom. The van der Waals surface area contributed by atoms with Crippen molar-refractivity contribution in [3.05, 3.63) is 0 Å². The van der Waals surface area contributed by atoms with Crippen LogP contribution in [-0.4, -0.2) is 11.2 Å². The molecule has 13 heavy (non-hydrogen) atoms. The highest BCUT2D eigenvalue weighted by Crippen LogP contribution is 2.09. The van der Waals surface area contributed by atoms with E-state index in [2.05, 4.69) is 6.07 Å². The summed E-state index contributed by atoms with van der Waals surface area (Å²) >= 11 is 0. The molecule has 0 rings (SSSR count). The van der Waals surface area contributed by atoms with Gasteiger partial charge in [-0.25, -0.2) is 0 Å². The van der Waals surface area contributed by atoms with E-state index in [4.69, 9.17) is 10.4 Å². The van der Waals surface area contributed by atoms with E-state index in [1.807, 2.05) is 6.92 Å². The van der Waals surface area contributed by atoms with E-state index in [-0.39, 0.29) is 6.10 Å². The molecule has 0 spiro atoms. The molecular weight excluding hydrogens is 162 g/mol. The van der Waals surface area contributed by atoms with Gasteiger partial charge in [-0.3, -0.25) is 0 Å². The normalized spacial score (nSPS) is 12.4. The number of nitriles is 1. The number of aliphatic hydroxyl groups is 1. The largest absolute Gasteiger partial charge is 0.393 e. The van der Waals surface area contributed by atoms with Crippen LogP contribution in [0.4, 0.5) is 0 Å². The zero-order valence-electron chi connectivity index (χ0n) is 8.63. The lowest BCUT2D eigenvalue weighted by molar-refractivity contribution is 0.180. The first-order valence-corrected chi connectivity index (χ1v) is 5.32. The predicted molar refractivity (Wildman–Crippen MR) is 54.2 cm³/mol. The minimum Gasteiger partial charge on any atom is -0.393 e. The molecule has 0 saturated carbocycles. The van der Waals surface area contributed by atoms with Crippen LogP contribution in [0.25, 0.3) is 0 Å². The summed E-state index contributed by atoms with van der Waals surface area (Å²) in [5.41, 5.74) is 0. The molecule has 0 fully saturated rings. The summed E-state index contributed by atoms with van der Waals surface area (Å²) in [6.45, 7) is 1.84. The number of hydrogen-bond donors (Lipinski definition) is 1. The SMILES string of the molecule is CC(O)CCCCCCCCC#N. The smallest absolute Gasteiger partial charge is 0.0621 e. The third kappa shape index (κ3) is 11.5. The Hall–Kier alpha value is -0.550. The van der Waals surface area contributed by atoms with Crippen molar-refractivity contribution in [3.8, 4) is 6.07 Å². The molecule has 0 aromatic heterocycles. The lowest BCUT2D eigenvalue weighted by Gasteiger charge is -2.03. The average Bonchev–Trinajstić information content (AvgIpc) is 2.09. The Morgan fingerprint density at radius 2 is 1.62 bits per heavy atom. The molecule has 1 unspecified atom stereocenters. The van der Waals surface area contributed by atoms with Crippen LogP contribution in [0.15, 0.2) is 0 Å². The van der Waals surface area contributed by atoms with Crippen molar-refractivity contribution >= 4 is 0 Å². The Morgan fingerprint density at radius 1 is 1.08 bits per heavy atom. The molecule has 2 heteroatoms. The van der Waals surface area contributed by atoms with E-state index < -0.39 is 0 Å². The van der Waals surface area contributed by atoms with Gasteiger partial charge in [0, 0.05) is 6.42 Å². The molecule has 0 aliphatic heterocycles. The third-order valence-corrected chi connectivity index (χ3v) is 2.16. The van der Waals surface area contributed by atoms with Crippen LogP contribution in [0, 0.1) is 11.3 Å². The van der Waals surface area contributed by atoms with Gasteiger partial charge in [-0.2, -0.15) is 5.26 Å². The lowest BCUT2D eigenvalue weighted by Crippen LogP contribution is -1.98. The van der Waals surface area contributed by atoms with Crippen molar-refractivity contribution in [2.75, 3.05) is 0 Å². The first-order chi connectivity index (χ1) is 6.27. The highest BCUT2D eigenvalue weighted by molar-refractivity contribution is 4.67. The van der Waals surface area contributed by atoms with Gasteiger partial charge >= 0.3 is 0 Å². The van der Waals surface area contributed by atoms with Gasteiger partial charge in [-0.1, -0.05) is 32.1 Å². The van der Waals surface area contributed by atoms with E-state index >= 15 is 0 Å². The summed E-state index contributed by atoms with van der Waals surface area (Å²) in [4.78, 5) is 0. The molecule has 1 N–H and O–H groups in total. The zero-order chi connectivity index (χ0) is 9.94. The van der Waals surface area contributed by atoms with Crippen molar-refractivity contribution in [3.63, 3.8) is 0 Å². The maximum Gasteiger partial charge on any atom is 0.0621 e. The molecule has 76 valence electrons. The van der Waals surface area contributed by atoms with Gasteiger partial charge in [0.25, 0.3) is 0 Å². The fourth-order valence-electron chi connectivity index (χ4n) is 1.35. The Labute approximate surface area is 81.6 Å². The average molecular weight is 183 g/mol. The first-order valence-electron chi connectivity index (χ1n) is 5.32. The molecule has 0 amide bonds. The minimum absolute atomic E-state index is 0.140. The summed E-state index contributed by atoms with van der Waals surface area (Å²) in [6, 6.07) is 2.15. The van der Waals surface area contributed by atoms with Crippen LogP contribution in [0.2, 0.25) is 0 Å². The van der Waals surface area contributed by atoms with Crippen LogP contribution in [0.5, 0.6) is 0 Å². The second-order valence-electron chi connectivity index (χ2n) is 3.67. The molecule has 0 aromatic carbocycles. The summed E-state index contributed by atoms with van der Waals surface area (Å²) in [6.07, 6.45) is 8.56. The Bertz CT molecular complexity index is 138. The standard InChI is InChI=1S/C11H21NO/c1-11(13)9-7-5-3-2-4-6-8-10-12/h11,13H,2-9H2,1H3. The van der Waals surface area contributed by atoms with Crippen LogP contribution in [-0.2, 0) is 0 Å². The third-order valence-electron chi connectivity index (χ3n) is 2.16. The highest BCUT2D eigenvalue weighted by Gasteiger charge is 1.95. The van der Waals surface area contributed by atoms with Gasteiger partial charge in [0.2, 0.25) is 0 Å². The van der Waals surface area contributed by atoms with E-state index in [1.54, 1.807) is 0 Å². The van der Waals surface area contributed by atoms with Gasteiger partial charge < -0.3 is 5.11 Å². The molecular formula is C11H21NO. The number of aliphatic hydroxyl groups excluding tert-OH is 1. The summed E-state index contributed by atoms with van der Waals surface area (Å²) in [7, 11) is 0. The van der Waals surface area contributed by atoms with Gasteiger partial charge in [-0.15, -0.1) is 0 Å². The fourth-order valence-corrected chi connectivity index (χ4v) is 1.35. The van der Waals surface area contributed by atoms with Crippen molar-refractivity contribution in [2.24, 2.45) is 0 Å². The second-order valence-corrected chi connectivity index (χ2v) is 3.67. The van der Waals surface area contributed by atoms with Gasteiger partial charge in [0.15, 0.2) is 0 Å². The predicted octanol–water partition coefficient (Wildman–Crippen LogP) is 3.01. The van der Waals surface area contributed by atoms with Crippen molar-refractivity contribution < 1.29 is 5.11 Å². The summed E-state index contributed by atoms with van der Waals surface area (Å²) in [5.74, 6) is 0. The van der Waals surface area contributed by atoms with Crippen LogP contribution < -0.4 is 0 Å². The molecule has 0 radical (unpaired) electrons. The first kappa shape index (κ1) is 12.4. The number of hydrogen-bond acceptors (Lipinski definition) is 2. The molecule has 0 aliphatic rings. The maximum atomic E-state index is 8.99. The Balaban J connectivity index is 2.88. The van der Waals surface area contributed by atoms with Crippen LogP contribution >= 0.6 is 0 Å². The number of unbranched alkanes of at least 4 members (excludes halogenated alkanes) is 6. The molecule has 0 aromatic rings. The molecule has 0 heterocycles. The van der Waals surface area contributed by atoms with E-state index in [0.29, 0.717) is 6.42 Å². The number of rotatable bonds is 8. The summed E-state index contributed by atoms with van der Waals surface area (Å²) < 4.78 is 0. The highest BCUT2D eigenvalue weighted by atomic mass is 16.3. The fraction of sp³-hybridized carbons (Fsp3) is 0.909. The molecule has 2 nitrogen and oxygen atoms in total. The van der Waals surface area contributed by atoms with E-state index in [0.717, 1.165) is 19.3 Å².